The smallest absolute Gasteiger partial charge is 0.340 e. The van der Waals surface area contributed by atoms with Crippen molar-refractivity contribution in [1.82, 2.24) is 0 Å². The number of ketones is 1. The fraction of sp³-hybridized carbons (Fsp3) is 0.176. The van der Waals surface area contributed by atoms with Gasteiger partial charge >= 0.3 is 5.97 Å². The predicted molar refractivity (Wildman–Crippen MR) is 86.4 cm³/mol. The number of benzene rings is 2. The molecule has 2 aromatic carbocycles. The number of hydrogen-bond donors (Lipinski definition) is 1. The third kappa shape index (κ3) is 3.65. The number of nitrogen functional groups attached to an aromatic ring is 1. The van der Waals surface area contributed by atoms with Gasteiger partial charge in [-0.05, 0) is 43.7 Å². The maximum Gasteiger partial charge on any atom is 0.340 e. The first kappa shape index (κ1) is 16.0. The van der Waals surface area contributed by atoms with Crippen LogP contribution in [-0.2, 0) is 4.74 Å². The lowest BCUT2D eigenvalue weighted by Gasteiger charge is -2.09. The lowest BCUT2D eigenvalue weighted by molar-refractivity contribution is 0.0475. The zero-order chi connectivity index (χ0) is 16.3. The number of Topliss-reactive ketones (excluding diaryl/α,β-unsaturated/α-hetero) is 1. The van der Waals surface area contributed by atoms with Crippen LogP contribution < -0.4 is 5.73 Å². The standard InChI is InChI=1S/C17H16ClNO3/c1-10-3-4-11(2)14(7-10)16(20)9-22-17(21)13-6-5-12(18)8-15(13)19/h3-8H,9,19H2,1-2H3. The van der Waals surface area contributed by atoms with E-state index in [-0.39, 0.29) is 23.6 Å². The number of hydrogen-bond acceptors (Lipinski definition) is 4. The molecule has 0 bridgehead atoms. The van der Waals surface area contributed by atoms with E-state index in [1.807, 2.05) is 26.0 Å². The predicted octanol–water partition coefficient (Wildman–Crippen LogP) is 3.58. The van der Waals surface area contributed by atoms with Gasteiger partial charge in [-0.1, -0.05) is 29.3 Å². The Kier molecular flexibility index (Phi) is 4.83. The molecule has 0 saturated heterocycles. The number of anilines is 1. The summed E-state index contributed by atoms with van der Waals surface area (Å²) >= 11 is 5.78. The number of carbonyl (C=O) groups is 2. The van der Waals surface area contributed by atoms with E-state index in [0.29, 0.717) is 10.6 Å². The molecule has 0 spiro atoms. The van der Waals surface area contributed by atoms with E-state index in [0.717, 1.165) is 11.1 Å². The summed E-state index contributed by atoms with van der Waals surface area (Å²) in [4.78, 5) is 24.1. The van der Waals surface area contributed by atoms with Crippen molar-refractivity contribution < 1.29 is 14.3 Å². The highest BCUT2D eigenvalue weighted by Crippen LogP contribution is 2.19. The van der Waals surface area contributed by atoms with Crippen molar-refractivity contribution in [1.29, 1.82) is 0 Å². The summed E-state index contributed by atoms with van der Waals surface area (Å²) in [6.45, 7) is 3.41. The Balaban J connectivity index is 2.07. The molecule has 0 aliphatic heterocycles. The van der Waals surface area contributed by atoms with Crippen LogP contribution in [0.15, 0.2) is 36.4 Å². The number of aryl methyl sites for hydroxylation is 2. The maximum absolute atomic E-state index is 12.2. The van der Waals surface area contributed by atoms with E-state index in [1.54, 1.807) is 12.1 Å². The second-order valence-electron chi connectivity index (χ2n) is 5.05. The van der Waals surface area contributed by atoms with Crippen LogP contribution in [0.4, 0.5) is 5.69 Å². The van der Waals surface area contributed by atoms with Crippen LogP contribution in [0, 0.1) is 13.8 Å². The summed E-state index contributed by atoms with van der Waals surface area (Å²) in [6.07, 6.45) is 0. The molecule has 0 heterocycles. The summed E-state index contributed by atoms with van der Waals surface area (Å²) in [5, 5.41) is 0.431. The molecular formula is C17H16ClNO3. The Labute approximate surface area is 133 Å². The van der Waals surface area contributed by atoms with E-state index < -0.39 is 5.97 Å². The van der Waals surface area contributed by atoms with Crippen LogP contribution in [0.5, 0.6) is 0 Å². The number of rotatable bonds is 4. The van der Waals surface area contributed by atoms with Gasteiger partial charge in [0.15, 0.2) is 6.61 Å². The second-order valence-corrected chi connectivity index (χ2v) is 5.49. The third-order valence-electron chi connectivity index (χ3n) is 3.26. The van der Waals surface area contributed by atoms with Crippen LogP contribution in [0.2, 0.25) is 5.02 Å². The van der Waals surface area contributed by atoms with Gasteiger partial charge in [-0.3, -0.25) is 4.79 Å². The summed E-state index contributed by atoms with van der Waals surface area (Å²) < 4.78 is 5.05. The quantitative estimate of drug-likeness (QED) is 0.531. The highest BCUT2D eigenvalue weighted by Gasteiger charge is 2.15. The molecule has 5 heteroatoms. The minimum Gasteiger partial charge on any atom is -0.454 e. The normalized spacial score (nSPS) is 10.3. The van der Waals surface area contributed by atoms with Crippen LogP contribution in [0.3, 0.4) is 0 Å². The van der Waals surface area contributed by atoms with E-state index in [1.165, 1.54) is 12.1 Å². The van der Waals surface area contributed by atoms with Crippen LogP contribution in [0.25, 0.3) is 0 Å². The van der Waals surface area contributed by atoms with Gasteiger partial charge in [0.1, 0.15) is 0 Å². The number of halogens is 1. The van der Waals surface area contributed by atoms with Crippen LogP contribution in [0.1, 0.15) is 31.8 Å². The zero-order valence-electron chi connectivity index (χ0n) is 12.4. The van der Waals surface area contributed by atoms with Crippen molar-refractivity contribution in [2.75, 3.05) is 12.3 Å². The van der Waals surface area contributed by atoms with Gasteiger partial charge in [-0.25, -0.2) is 4.79 Å². The number of carbonyl (C=O) groups excluding carboxylic acids is 2. The molecule has 0 saturated carbocycles. The van der Waals surface area contributed by atoms with Crippen LogP contribution in [-0.4, -0.2) is 18.4 Å². The number of esters is 1. The topological polar surface area (TPSA) is 69.4 Å². The van der Waals surface area contributed by atoms with E-state index >= 15 is 0 Å². The summed E-state index contributed by atoms with van der Waals surface area (Å²) in [7, 11) is 0. The molecule has 0 aliphatic rings. The number of nitrogens with two attached hydrogens (primary N) is 1. The van der Waals surface area contributed by atoms with Crippen molar-refractivity contribution >= 4 is 29.0 Å². The lowest BCUT2D eigenvalue weighted by Crippen LogP contribution is -2.16. The van der Waals surface area contributed by atoms with Gasteiger partial charge in [-0.15, -0.1) is 0 Å². The van der Waals surface area contributed by atoms with Crippen molar-refractivity contribution in [3.8, 4) is 0 Å². The minimum atomic E-state index is -0.646. The first-order chi connectivity index (χ1) is 10.4. The molecule has 0 radical (unpaired) electrons. The molecule has 0 amide bonds. The van der Waals surface area contributed by atoms with Gasteiger partial charge in [-0.2, -0.15) is 0 Å². The Morgan fingerprint density at radius 2 is 1.82 bits per heavy atom. The van der Waals surface area contributed by atoms with Gasteiger partial charge in [0.05, 0.1) is 5.56 Å². The van der Waals surface area contributed by atoms with Crippen molar-refractivity contribution in [3.63, 3.8) is 0 Å². The van der Waals surface area contributed by atoms with E-state index in [2.05, 4.69) is 0 Å². The minimum absolute atomic E-state index is 0.193. The molecule has 0 fully saturated rings. The molecule has 2 N–H and O–H groups in total. The highest BCUT2D eigenvalue weighted by atomic mass is 35.5. The van der Waals surface area contributed by atoms with Crippen molar-refractivity contribution in [2.24, 2.45) is 0 Å². The first-order valence-electron chi connectivity index (χ1n) is 6.71. The monoisotopic (exact) mass is 317 g/mol. The fourth-order valence-corrected chi connectivity index (χ4v) is 2.22. The lowest BCUT2D eigenvalue weighted by atomic mass is 10.0. The van der Waals surface area contributed by atoms with Gasteiger partial charge in [0, 0.05) is 16.3 Å². The average molecular weight is 318 g/mol. The second kappa shape index (κ2) is 6.62. The molecule has 2 aromatic rings. The van der Waals surface area contributed by atoms with E-state index in [9.17, 15) is 9.59 Å². The van der Waals surface area contributed by atoms with Crippen molar-refractivity contribution in [2.45, 2.75) is 13.8 Å². The zero-order valence-corrected chi connectivity index (χ0v) is 13.1. The highest BCUT2D eigenvalue weighted by molar-refractivity contribution is 6.31. The van der Waals surface area contributed by atoms with Gasteiger partial charge in [0.2, 0.25) is 5.78 Å². The molecule has 114 valence electrons. The third-order valence-corrected chi connectivity index (χ3v) is 3.50. The molecule has 0 unspecified atom stereocenters. The SMILES string of the molecule is Cc1ccc(C)c(C(=O)COC(=O)c2ccc(Cl)cc2N)c1. The molecule has 22 heavy (non-hydrogen) atoms. The molecule has 2 rings (SSSR count). The fourth-order valence-electron chi connectivity index (χ4n) is 2.04. The Hall–Kier alpha value is -2.33. The Morgan fingerprint density at radius 3 is 2.50 bits per heavy atom. The molecule has 0 aromatic heterocycles. The maximum atomic E-state index is 12.2. The van der Waals surface area contributed by atoms with Gasteiger partial charge in [0.25, 0.3) is 0 Å². The van der Waals surface area contributed by atoms with Crippen LogP contribution >= 0.6 is 11.6 Å². The molecular weight excluding hydrogens is 302 g/mol. The van der Waals surface area contributed by atoms with E-state index in [4.69, 9.17) is 22.1 Å². The Bertz CT molecular complexity index is 741. The largest absolute Gasteiger partial charge is 0.454 e. The molecule has 4 nitrogen and oxygen atoms in total. The van der Waals surface area contributed by atoms with Gasteiger partial charge < -0.3 is 10.5 Å². The first-order valence-corrected chi connectivity index (χ1v) is 7.09. The summed E-state index contributed by atoms with van der Waals surface area (Å²) in [5.74, 6) is -0.894. The van der Waals surface area contributed by atoms with Crippen molar-refractivity contribution in [3.05, 3.63) is 63.7 Å². The Morgan fingerprint density at radius 1 is 1.09 bits per heavy atom. The molecule has 0 aliphatic carbocycles. The molecule has 0 atom stereocenters. The summed E-state index contributed by atoms with van der Waals surface area (Å²) in [6, 6.07) is 10.0. The number of ether oxygens (including phenoxy) is 1. The summed E-state index contributed by atoms with van der Waals surface area (Å²) in [5.41, 5.74) is 8.50. The average Bonchev–Trinajstić information content (AvgIpc) is 2.47.